The van der Waals surface area contributed by atoms with Gasteiger partial charge in [-0.25, -0.2) is 9.97 Å². The predicted molar refractivity (Wildman–Crippen MR) is 95.8 cm³/mol. The Hall–Kier alpha value is -1.16. The molecule has 4 nitrogen and oxygen atoms in total. The first-order chi connectivity index (χ1) is 11.4. The Labute approximate surface area is 140 Å². The maximum Gasteiger partial charge on any atom is 0.131 e. The molecule has 1 aromatic heterocycles. The third-order valence-electron chi connectivity index (χ3n) is 5.50. The molecule has 3 N–H and O–H groups in total. The number of hydrogen-bond donors (Lipinski definition) is 2. The molecule has 0 amide bonds. The Morgan fingerprint density at radius 3 is 2.26 bits per heavy atom. The van der Waals surface area contributed by atoms with Crippen molar-refractivity contribution < 1.29 is 0 Å². The lowest BCUT2D eigenvalue weighted by Gasteiger charge is -2.26. The standard InChI is InChI=1S/C19H32N4/c20-12-7-13-21-17-14-22-19(16-10-5-2-6-11-16)23-18(17)15-8-3-1-4-9-15/h14-16,21H,1-13,20H2. The van der Waals surface area contributed by atoms with E-state index in [9.17, 15) is 0 Å². The normalized spacial score (nSPS) is 20.6. The highest BCUT2D eigenvalue weighted by molar-refractivity contribution is 5.48. The zero-order valence-corrected chi connectivity index (χ0v) is 14.4. The van der Waals surface area contributed by atoms with Crippen molar-refractivity contribution in [2.75, 3.05) is 18.4 Å². The zero-order chi connectivity index (χ0) is 15.9. The van der Waals surface area contributed by atoms with Crippen LogP contribution in [0.1, 0.15) is 94.0 Å². The molecule has 0 unspecified atom stereocenters. The van der Waals surface area contributed by atoms with Gasteiger partial charge in [0.2, 0.25) is 0 Å². The van der Waals surface area contributed by atoms with Crippen molar-refractivity contribution in [2.45, 2.75) is 82.5 Å². The highest BCUT2D eigenvalue weighted by atomic mass is 15.0. The average molecular weight is 316 g/mol. The number of nitrogens with zero attached hydrogens (tertiary/aromatic N) is 2. The van der Waals surface area contributed by atoms with Crippen LogP contribution in [0.25, 0.3) is 0 Å². The van der Waals surface area contributed by atoms with E-state index in [1.165, 1.54) is 69.9 Å². The summed E-state index contributed by atoms with van der Waals surface area (Å²) in [6, 6.07) is 0. The third-order valence-corrected chi connectivity index (χ3v) is 5.50. The van der Waals surface area contributed by atoms with Crippen molar-refractivity contribution in [3.63, 3.8) is 0 Å². The first kappa shape index (κ1) is 16.7. The fraction of sp³-hybridized carbons (Fsp3) is 0.789. The largest absolute Gasteiger partial charge is 0.382 e. The fourth-order valence-corrected chi connectivity index (χ4v) is 4.12. The SMILES string of the molecule is NCCCNc1cnc(C2CCCCC2)nc1C1CCCCC1. The Morgan fingerprint density at radius 1 is 0.957 bits per heavy atom. The van der Waals surface area contributed by atoms with Crippen LogP contribution in [0.15, 0.2) is 6.20 Å². The third kappa shape index (κ3) is 4.43. The Balaban J connectivity index is 1.79. The predicted octanol–water partition coefficient (Wildman–Crippen LogP) is 4.33. The van der Waals surface area contributed by atoms with Gasteiger partial charge < -0.3 is 11.1 Å². The molecule has 0 radical (unpaired) electrons. The molecule has 1 aromatic rings. The first-order valence-corrected chi connectivity index (χ1v) is 9.69. The quantitative estimate of drug-likeness (QED) is 0.767. The minimum Gasteiger partial charge on any atom is -0.382 e. The molecule has 0 spiro atoms. The number of rotatable bonds is 6. The van der Waals surface area contributed by atoms with E-state index in [1.807, 2.05) is 0 Å². The number of anilines is 1. The van der Waals surface area contributed by atoms with E-state index in [0.717, 1.165) is 31.0 Å². The summed E-state index contributed by atoms with van der Waals surface area (Å²) in [7, 11) is 0. The summed E-state index contributed by atoms with van der Waals surface area (Å²) in [5.74, 6) is 2.31. The molecular formula is C19H32N4. The summed E-state index contributed by atoms with van der Waals surface area (Å²) in [4.78, 5) is 9.83. The van der Waals surface area contributed by atoms with Crippen LogP contribution in [0.5, 0.6) is 0 Å². The van der Waals surface area contributed by atoms with Gasteiger partial charge in [0.15, 0.2) is 0 Å². The molecule has 2 saturated carbocycles. The molecule has 0 aromatic carbocycles. The first-order valence-electron chi connectivity index (χ1n) is 9.69. The Bertz CT molecular complexity index is 476. The van der Waals surface area contributed by atoms with E-state index in [-0.39, 0.29) is 0 Å². The lowest BCUT2D eigenvalue weighted by molar-refractivity contribution is 0.416. The van der Waals surface area contributed by atoms with Gasteiger partial charge >= 0.3 is 0 Å². The molecule has 23 heavy (non-hydrogen) atoms. The molecule has 2 aliphatic carbocycles. The van der Waals surface area contributed by atoms with Crippen molar-refractivity contribution in [3.05, 3.63) is 17.7 Å². The van der Waals surface area contributed by atoms with Crippen molar-refractivity contribution in [1.29, 1.82) is 0 Å². The van der Waals surface area contributed by atoms with Gasteiger partial charge in [0.25, 0.3) is 0 Å². The topological polar surface area (TPSA) is 63.8 Å². The second kappa shape index (κ2) is 8.62. The highest BCUT2D eigenvalue weighted by Gasteiger charge is 2.24. The van der Waals surface area contributed by atoms with E-state index in [2.05, 4.69) is 11.5 Å². The van der Waals surface area contributed by atoms with Gasteiger partial charge in [-0.05, 0) is 38.6 Å². The lowest BCUT2D eigenvalue weighted by Crippen LogP contribution is -2.17. The van der Waals surface area contributed by atoms with Crippen molar-refractivity contribution >= 4 is 5.69 Å². The van der Waals surface area contributed by atoms with Gasteiger partial charge in [0.05, 0.1) is 17.6 Å². The van der Waals surface area contributed by atoms with Crippen LogP contribution in [0.2, 0.25) is 0 Å². The minimum atomic E-state index is 0.587. The van der Waals surface area contributed by atoms with Crippen LogP contribution in [-0.2, 0) is 0 Å². The summed E-state index contributed by atoms with van der Waals surface area (Å²) in [6.07, 6.45) is 16.3. The molecule has 0 aliphatic heterocycles. The molecule has 0 saturated heterocycles. The minimum absolute atomic E-state index is 0.587. The Kier molecular flexibility index (Phi) is 6.26. The van der Waals surface area contributed by atoms with Crippen molar-refractivity contribution in [2.24, 2.45) is 5.73 Å². The van der Waals surface area contributed by atoms with E-state index < -0.39 is 0 Å². The van der Waals surface area contributed by atoms with Gasteiger partial charge in [-0.15, -0.1) is 0 Å². The summed E-state index contributed by atoms with van der Waals surface area (Å²) in [5.41, 5.74) is 8.07. The van der Waals surface area contributed by atoms with Crippen LogP contribution < -0.4 is 11.1 Å². The monoisotopic (exact) mass is 316 g/mol. The number of aromatic nitrogens is 2. The van der Waals surface area contributed by atoms with E-state index in [0.29, 0.717) is 11.8 Å². The summed E-state index contributed by atoms with van der Waals surface area (Å²) < 4.78 is 0. The smallest absolute Gasteiger partial charge is 0.131 e. The van der Waals surface area contributed by atoms with Gasteiger partial charge in [0, 0.05) is 18.4 Å². The highest BCUT2D eigenvalue weighted by Crippen LogP contribution is 2.37. The van der Waals surface area contributed by atoms with E-state index >= 15 is 0 Å². The van der Waals surface area contributed by atoms with Crippen LogP contribution in [0.4, 0.5) is 5.69 Å². The molecule has 4 heteroatoms. The zero-order valence-electron chi connectivity index (χ0n) is 14.4. The van der Waals surface area contributed by atoms with Gasteiger partial charge in [-0.1, -0.05) is 38.5 Å². The maximum atomic E-state index is 5.62. The van der Waals surface area contributed by atoms with Crippen molar-refractivity contribution in [3.8, 4) is 0 Å². The fourth-order valence-electron chi connectivity index (χ4n) is 4.12. The Morgan fingerprint density at radius 2 is 1.61 bits per heavy atom. The van der Waals surface area contributed by atoms with Gasteiger partial charge in [-0.2, -0.15) is 0 Å². The second-order valence-electron chi connectivity index (χ2n) is 7.27. The molecular weight excluding hydrogens is 284 g/mol. The van der Waals surface area contributed by atoms with E-state index in [1.54, 1.807) is 0 Å². The van der Waals surface area contributed by atoms with Gasteiger partial charge in [0.1, 0.15) is 5.82 Å². The summed E-state index contributed by atoms with van der Waals surface area (Å²) >= 11 is 0. The second-order valence-corrected chi connectivity index (χ2v) is 7.27. The molecule has 0 bridgehead atoms. The van der Waals surface area contributed by atoms with Crippen LogP contribution >= 0.6 is 0 Å². The van der Waals surface area contributed by atoms with E-state index in [4.69, 9.17) is 15.7 Å². The molecule has 2 fully saturated rings. The van der Waals surface area contributed by atoms with Crippen LogP contribution in [0, 0.1) is 0 Å². The maximum absolute atomic E-state index is 5.62. The summed E-state index contributed by atoms with van der Waals surface area (Å²) in [5, 5.41) is 3.54. The number of nitrogens with one attached hydrogen (secondary N) is 1. The molecule has 128 valence electrons. The van der Waals surface area contributed by atoms with Crippen LogP contribution in [-0.4, -0.2) is 23.1 Å². The van der Waals surface area contributed by atoms with Gasteiger partial charge in [-0.3, -0.25) is 0 Å². The molecule has 1 heterocycles. The molecule has 3 rings (SSSR count). The number of nitrogens with two attached hydrogens (primary N) is 1. The number of hydrogen-bond acceptors (Lipinski definition) is 4. The molecule has 0 atom stereocenters. The van der Waals surface area contributed by atoms with Crippen molar-refractivity contribution in [1.82, 2.24) is 9.97 Å². The summed E-state index contributed by atoms with van der Waals surface area (Å²) in [6.45, 7) is 1.65. The molecule has 2 aliphatic rings. The average Bonchev–Trinajstić information content (AvgIpc) is 2.63. The van der Waals surface area contributed by atoms with Crippen LogP contribution in [0.3, 0.4) is 0 Å². The lowest BCUT2D eigenvalue weighted by atomic mass is 9.85.